The van der Waals surface area contributed by atoms with Crippen LogP contribution in [0.25, 0.3) is 17.1 Å². The molecule has 0 aliphatic rings. The topological polar surface area (TPSA) is 71.2 Å². The molecule has 1 aromatic heterocycles. The maximum atomic E-state index is 13.0. The molecule has 0 saturated carbocycles. The Morgan fingerprint density at radius 1 is 1.03 bits per heavy atom. The Hall–Kier alpha value is -3.10. The number of phenolic OH excluding ortho intramolecular Hbond substituents is 1. The molecule has 4 rings (SSSR count). The monoisotopic (exact) mass is 508 g/mol. The van der Waals surface area contributed by atoms with Crippen molar-refractivity contribution in [1.82, 2.24) is 14.8 Å². The fraction of sp³-hybridized carbons (Fsp3) is 0.125. The number of anilines is 1. The molecule has 162 valence electrons. The highest BCUT2D eigenvalue weighted by Crippen LogP contribution is 2.34. The molecule has 1 N–H and O–H groups in total. The molecule has 0 unspecified atom stereocenters. The molecule has 0 aliphatic heterocycles. The molecule has 1 amide bonds. The van der Waals surface area contributed by atoms with Gasteiger partial charge in [0, 0.05) is 22.4 Å². The molecule has 0 saturated heterocycles. The normalized spacial score (nSPS) is 10.8. The van der Waals surface area contributed by atoms with Crippen molar-refractivity contribution in [3.63, 3.8) is 0 Å². The van der Waals surface area contributed by atoms with Crippen LogP contribution in [0.5, 0.6) is 5.75 Å². The second-order valence-corrected chi connectivity index (χ2v) is 8.76. The fourth-order valence-corrected chi connectivity index (χ4v) is 4.54. The number of benzene rings is 3. The maximum absolute atomic E-state index is 13.0. The van der Waals surface area contributed by atoms with Gasteiger partial charge in [-0.25, -0.2) is 0 Å². The van der Waals surface area contributed by atoms with Gasteiger partial charge >= 0.3 is 0 Å². The number of hydrogen-bond donors (Lipinski definition) is 1. The van der Waals surface area contributed by atoms with Crippen LogP contribution in [-0.2, 0) is 4.79 Å². The summed E-state index contributed by atoms with van der Waals surface area (Å²) in [4.78, 5) is 14.7. The van der Waals surface area contributed by atoms with Gasteiger partial charge in [-0.2, -0.15) is 0 Å². The van der Waals surface area contributed by atoms with Gasteiger partial charge in [0.05, 0.1) is 11.3 Å². The zero-order valence-electron chi connectivity index (χ0n) is 17.4. The number of aromatic hydroxyl groups is 1. The molecular weight excluding hydrogens is 488 g/mol. The molecule has 0 bridgehead atoms. The first-order valence-electron chi connectivity index (χ1n) is 10.1. The van der Waals surface area contributed by atoms with Crippen LogP contribution in [0.2, 0.25) is 0 Å². The number of thioether (sulfide) groups is 1. The number of phenols is 1. The van der Waals surface area contributed by atoms with Gasteiger partial charge < -0.3 is 10.0 Å². The fourth-order valence-electron chi connectivity index (χ4n) is 3.35. The number of para-hydroxylation sites is 2. The van der Waals surface area contributed by atoms with E-state index in [-0.39, 0.29) is 17.4 Å². The van der Waals surface area contributed by atoms with Crippen molar-refractivity contribution < 1.29 is 9.90 Å². The van der Waals surface area contributed by atoms with Gasteiger partial charge in [-0.3, -0.25) is 9.36 Å². The molecule has 0 fully saturated rings. The van der Waals surface area contributed by atoms with Gasteiger partial charge in [0.15, 0.2) is 11.0 Å². The minimum absolute atomic E-state index is 0.0156. The Bertz CT molecular complexity index is 1220. The average Bonchev–Trinajstić information content (AvgIpc) is 3.25. The lowest BCUT2D eigenvalue weighted by molar-refractivity contribution is -0.116. The summed E-state index contributed by atoms with van der Waals surface area (Å²) in [5, 5.41) is 19.7. The average molecular weight is 509 g/mol. The minimum Gasteiger partial charge on any atom is -0.507 e. The van der Waals surface area contributed by atoms with Crippen LogP contribution in [0.4, 0.5) is 5.69 Å². The van der Waals surface area contributed by atoms with Crippen LogP contribution >= 0.6 is 27.7 Å². The van der Waals surface area contributed by atoms with Crippen LogP contribution in [-0.4, -0.2) is 38.1 Å². The Kier molecular flexibility index (Phi) is 6.92. The third-order valence-electron chi connectivity index (χ3n) is 4.86. The Labute approximate surface area is 199 Å². The van der Waals surface area contributed by atoms with E-state index in [2.05, 4.69) is 26.1 Å². The van der Waals surface area contributed by atoms with E-state index in [1.54, 1.807) is 23.1 Å². The summed E-state index contributed by atoms with van der Waals surface area (Å²) in [6.07, 6.45) is 0. The zero-order valence-corrected chi connectivity index (χ0v) is 19.8. The van der Waals surface area contributed by atoms with Crippen molar-refractivity contribution in [3.8, 4) is 22.8 Å². The molecule has 0 atom stereocenters. The lowest BCUT2D eigenvalue weighted by atomic mass is 10.2. The lowest BCUT2D eigenvalue weighted by Crippen LogP contribution is -2.32. The van der Waals surface area contributed by atoms with E-state index < -0.39 is 0 Å². The highest BCUT2D eigenvalue weighted by molar-refractivity contribution is 9.10. The summed E-state index contributed by atoms with van der Waals surface area (Å²) in [5.74, 6) is 0.795. The van der Waals surface area contributed by atoms with Crippen molar-refractivity contribution in [2.75, 3.05) is 17.2 Å². The quantitative estimate of drug-likeness (QED) is 0.331. The van der Waals surface area contributed by atoms with Gasteiger partial charge in [0.2, 0.25) is 5.91 Å². The summed E-state index contributed by atoms with van der Waals surface area (Å²) in [6.45, 7) is 2.53. The molecule has 4 aromatic rings. The highest BCUT2D eigenvalue weighted by Gasteiger charge is 2.21. The first kappa shape index (κ1) is 22.1. The van der Waals surface area contributed by atoms with Crippen molar-refractivity contribution >= 4 is 39.3 Å². The van der Waals surface area contributed by atoms with E-state index in [1.807, 2.05) is 72.2 Å². The van der Waals surface area contributed by atoms with Gasteiger partial charge in [0.25, 0.3) is 0 Å². The standard InChI is InChI=1S/C24H21BrN4O2S/c1-2-28(18-9-5-3-6-10-18)22(31)16-32-24-27-26-23(20-15-17(25)13-14-21(20)30)29(24)19-11-7-4-8-12-19/h3-15,30H,2,16H2,1H3. The van der Waals surface area contributed by atoms with E-state index in [0.717, 1.165) is 15.8 Å². The Morgan fingerprint density at radius 2 is 1.72 bits per heavy atom. The summed E-state index contributed by atoms with van der Waals surface area (Å²) >= 11 is 4.77. The largest absolute Gasteiger partial charge is 0.507 e. The molecular formula is C24H21BrN4O2S. The van der Waals surface area contributed by atoms with Crippen LogP contribution in [0.3, 0.4) is 0 Å². The highest BCUT2D eigenvalue weighted by atomic mass is 79.9. The summed E-state index contributed by atoms with van der Waals surface area (Å²) in [5.41, 5.74) is 2.26. The molecule has 8 heteroatoms. The first-order valence-corrected chi connectivity index (χ1v) is 11.8. The van der Waals surface area contributed by atoms with Crippen molar-refractivity contribution in [2.45, 2.75) is 12.1 Å². The van der Waals surface area contributed by atoms with Gasteiger partial charge in [-0.05, 0) is 49.4 Å². The third kappa shape index (κ3) is 4.71. The molecule has 3 aromatic carbocycles. The number of carbonyl (C=O) groups is 1. The predicted octanol–water partition coefficient (Wildman–Crippen LogP) is 5.55. The van der Waals surface area contributed by atoms with Gasteiger partial charge in [-0.1, -0.05) is 64.1 Å². The lowest BCUT2D eigenvalue weighted by Gasteiger charge is -2.20. The Balaban J connectivity index is 1.67. The molecule has 0 spiro atoms. The molecule has 1 heterocycles. The van der Waals surface area contributed by atoms with E-state index >= 15 is 0 Å². The van der Waals surface area contributed by atoms with Crippen molar-refractivity contribution in [3.05, 3.63) is 83.3 Å². The number of aromatic nitrogens is 3. The smallest absolute Gasteiger partial charge is 0.237 e. The summed E-state index contributed by atoms with van der Waals surface area (Å²) < 4.78 is 2.68. The third-order valence-corrected chi connectivity index (χ3v) is 6.26. The first-order chi connectivity index (χ1) is 15.6. The maximum Gasteiger partial charge on any atom is 0.237 e. The van der Waals surface area contributed by atoms with E-state index in [4.69, 9.17) is 0 Å². The number of rotatable bonds is 7. The van der Waals surface area contributed by atoms with Crippen LogP contribution in [0.1, 0.15) is 6.92 Å². The second kappa shape index (κ2) is 10.0. The van der Waals surface area contributed by atoms with Crippen molar-refractivity contribution in [1.29, 1.82) is 0 Å². The summed E-state index contributed by atoms with van der Waals surface area (Å²) in [7, 11) is 0. The number of hydrogen-bond acceptors (Lipinski definition) is 5. The number of nitrogens with zero attached hydrogens (tertiary/aromatic N) is 4. The van der Waals surface area contributed by atoms with Gasteiger partial charge in [0.1, 0.15) is 5.75 Å². The Morgan fingerprint density at radius 3 is 2.41 bits per heavy atom. The SMILES string of the molecule is CCN(C(=O)CSc1nnc(-c2cc(Br)ccc2O)n1-c1ccccc1)c1ccccc1. The van der Waals surface area contributed by atoms with E-state index in [9.17, 15) is 9.90 Å². The van der Waals surface area contributed by atoms with E-state index in [0.29, 0.717) is 23.1 Å². The van der Waals surface area contributed by atoms with Crippen molar-refractivity contribution in [2.24, 2.45) is 0 Å². The van der Waals surface area contributed by atoms with E-state index in [1.165, 1.54) is 11.8 Å². The number of halogens is 1. The van der Waals surface area contributed by atoms with Crippen LogP contribution in [0.15, 0.2) is 88.5 Å². The number of carbonyl (C=O) groups excluding carboxylic acids is 1. The minimum atomic E-state index is -0.0156. The molecule has 32 heavy (non-hydrogen) atoms. The number of amides is 1. The predicted molar refractivity (Wildman–Crippen MR) is 131 cm³/mol. The molecule has 0 aliphatic carbocycles. The zero-order chi connectivity index (χ0) is 22.5. The second-order valence-electron chi connectivity index (χ2n) is 6.90. The van der Waals surface area contributed by atoms with Gasteiger partial charge in [-0.15, -0.1) is 10.2 Å². The molecule has 6 nitrogen and oxygen atoms in total. The molecule has 0 radical (unpaired) electrons. The van der Waals surface area contributed by atoms with Crippen LogP contribution < -0.4 is 4.90 Å². The van der Waals surface area contributed by atoms with Crippen LogP contribution in [0, 0.1) is 0 Å². The summed E-state index contributed by atoms with van der Waals surface area (Å²) in [6, 6.07) is 24.4.